The van der Waals surface area contributed by atoms with Crippen LogP contribution in [0.25, 0.3) is 11.4 Å². The lowest BCUT2D eigenvalue weighted by molar-refractivity contribution is 0.0996. The summed E-state index contributed by atoms with van der Waals surface area (Å²) in [6, 6.07) is 2.90. The molecule has 0 unspecified atom stereocenters. The van der Waals surface area contributed by atoms with Gasteiger partial charge in [-0.1, -0.05) is 11.8 Å². The van der Waals surface area contributed by atoms with Crippen LogP contribution in [0.3, 0.4) is 0 Å². The van der Waals surface area contributed by atoms with Gasteiger partial charge in [0, 0.05) is 24.8 Å². The van der Waals surface area contributed by atoms with Crippen LogP contribution in [0.15, 0.2) is 18.3 Å². The van der Waals surface area contributed by atoms with Crippen molar-refractivity contribution in [1.82, 2.24) is 9.55 Å². The van der Waals surface area contributed by atoms with Crippen LogP contribution in [-0.2, 0) is 11.3 Å². The molecule has 2 N–H and O–H groups in total. The first-order chi connectivity index (χ1) is 12.3. The minimum absolute atomic E-state index is 0.158. The van der Waals surface area contributed by atoms with Crippen LogP contribution < -0.4 is 10.5 Å². The summed E-state index contributed by atoms with van der Waals surface area (Å²) in [5, 5.41) is 0. The predicted octanol–water partition coefficient (Wildman–Crippen LogP) is 2.20. The van der Waals surface area contributed by atoms with E-state index in [9.17, 15) is 9.18 Å². The fourth-order valence-corrected chi connectivity index (χ4v) is 2.75. The number of halogens is 1. The Morgan fingerprint density at radius 3 is 2.96 bits per heavy atom. The summed E-state index contributed by atoms with van der Waals surface area (Å²) < 4.78 is 27.0. The number of amides is 1. The number of ether oxygens (including phenoxy) is 2. The van der Waals surface area contributed by atoms with Crippen molar-refractivity contribution < 1.29 is 18.7 Å². The summed E-state index contributed by atoms with van der Waals surface area (Å²) in [5.41, 5.74) is 5.87. The molecule has 0 aliphatic carbocycles. The SMILES string of the molecule is COCC(C)(C)C#Cc1cc2c(cc1F)OCCn1cc(C(N)=O)nc1-2. The summed E-state index contributed by atoms with van der Waals surface area (Å²) in [5.74, 6) is 5.69. The van der Waals surface area contributed by atoms with E-state index in [4.69, 9.17) is 15.2 Å². The highest BCUT2D eigenvalue weighted by molar-refractivity contribution is 5.91. The molecule has 1 aliphatic heterocycles. The Balaban J connectivity index is 2.09. The summed E-state index contributed by atoms with van der Waals surface area (Å²) >= 11 is 0. The molecule has 136 valence electrons. The topological polar surface area (TPSA) is 79.4 Å². The molecule has 0 bridgehead atoms. The number of aromatic nitrogens is 2. The maximum absolute atomic E-state index is 14.5. The third kappa shape index (κ3) is 3.55. The molecular formula is C19H20FN3O3. The molecule has 0 spiro atoms. The zero-order valence-electron chi connectivity index (χ0n) is 14.9. The molecule has 1 amide bonds. The minimum atomic E-state index is -0.614. The summed E-state index contributed by atoms with van der Waals surface area (Å²) in [6.07, 6.45) is 1.58. The molecule has 0 saturated heterocycles. The first-order valence-corrected chi connectivity index (χ1v) is 8.16. The Labute approximate surface area is 151 Å². The van der Waals surface area contributed by atoms with E-state index >= 15 is 0 Å². The van der Waals surface area contributed by atoms with E-state index in [1.807, 2.05) is 13.8 Å². The number of hydrogen-bond acceptors (Lipinski definition) is 4. The lowest BCUT2D eigenvalue weighted by Crippen LogP contribution is -2.15. The van der Waals surface area contributed by atoms with Crippen molar-refractivity contribution in [3.05, 3.63) is 35.4 Å². The maximum Gasteiger partial charge on any atom is 0.268 e. The zero-order valence-corrected chi connectivity index (χ0v) is 14.9. The van der Waals surface area contributed by atoms with Crippen molar-refractivity contribution in [2.75, 3.05) is 20.3 Å². The summed E-state index contributed by atoms with van der Waals surface area (Å²) in [6.45, 7) is 5.08. The van der Waals surface area contributed by atoms with Gasteiger partial charge in [0.05, 0.1) is 24.3 Å². The number of carbonyl (C=O) groups excluding carboxylic acids is 1. The molecule has 6 nitrogen and oxygen atoms in total. The number of hydrogen-bond donors (Lipinski definition) is 1. The molecule has 1 aliphatic rings. The monoisotopic (exact) mass is 357 g/mol. The van der Waals surface area contributed by atoms with Crippen molar-refractivity contribution >= 4 is 5.91 Å². The number of imidazole rings is 1. The van der Waals surface area contributed by atoms with E-state index in [0.29, 0.717) is 36.9 Å². The minimum Gasteiger partial charge on any atom is -0.491 e. The standard InChI is InChI=1S/C19H20FN3O3/c1-19(2,11-25-3)5-4-12-8-13-16(9-14(12)20)26-7-6-23-10-15(17(21)24)22-18(13)23/h8-10H,6-7,11H2,1-3H3,(H2,21,24). The van der Waals surface area contributed by atoms with Gasteiger partial charge in [-0.3, -0.25) is 4.79 Å². The van der Waals surface area contributed by atoms with Gasteiger partial charge in [-0.15, -0.1) is 0 Å². The number of fused-ring (bicyclic) bond motifs is 3. The van der Waals surface area contributed by atoms with Crippen LogP contribution in [0.5, 0.6) is 5.75 Å². The molecule has 0 atom stereocenters. The average Bonchev–Trinajstić information content (AvgIpc) is 2.91. The number of methoxy groups -OCH3 is 1. The van der Waals surface area contributed by atoms with Gasteiger partial charge in [0.1, 0.15) is 29.7 Å². The second-order valence-corrected chi connectivity index (χ2v) is 6.75. The van der Waals surface area contributed by atoms with Crippen LogP contribution in [0.1, 0.15) is 29.9 Å². The third-order valence-electron chi connectivity index (χ3n) is 3.97. The quantitative estimate of drug-likeness (QED) is 0.854. The normalized spacial score (nSPS) is 12.9. The number of benzene rings is 1. The van der Waals surface area contributed by atoms with E-state index in [-0.39, 0.29) is 11.3 Å². The van der Waals surface area contributed by atoms with Crippen molar-refractivity contribution in [3.8, 4) is 29.0 Å². The third-order valence-corrected chi connectivity index (χ3v) is 3.97. The zero-order chi connectivity index (χ0) is 18.9. The van der Waals surface area contributed by atoms with Gasteiger partial charge >= 0.3 is 0 Å². The molecule has 0 saturated carbocycles. The van der Waals surface area contributed by atoms with E-state index in [2.05, 4.69) is 16.8 Å². The first kappa shape index (κ1) is 18.0. The molecule has 7 heteroatoms. The number of nitrogens with two attached hydrogens (primary N) is 1. The first-order valence-electron chi connectivity index (χ1n) is 8.16. The van der Waals surface area contributed by atoms with Gasteiger partial charge in [0.15, 0.2) is 0 Å². The fraction of sp³-hybridized carbons (Fsp3) is 0.368. The second-order valence-electron chi connectivity index (χ2n) is 6.75. The Hall–Kier alpha value is -2.85. The van der Waals surface area contributed by atoms with Gasteiger partial charge in [0.2, 0.25) is 0 Å². The van der Waals surface area contributed by atoms with Gasteiger partial charge in [-0.25, -0.2) is 9.37 Å². The molecule has 2 aromatic rings. The second kappa shape index (κ2) is 6.81. The highest BCUT2D eigenvalue weighted by Gasteiger charge is 2.22. The molecule has 1 aromatic heterocycles. The van der Waals surface area contributed by atoms with Crippen LogP contribution >= 0.6 is 0 Å². The van der Waals surface area contributed by atoms with E-state index < -0.39 is 17.1 Å². The van der Waals surface area contributed by atoms with Crippen LogP contribution in [0.4, 0.5) is 4.39 Å². The van der Waals surface area contributed by atoms with Crippen molar-refractivity contribution in [2.24, 2.45) is 11.1 Å². The summed E-state index contributed by atoms with van der Waals surface area (Å²) in [7, 11) is 1.60. The van der Waals surface area contributed by atoms with E-state index in [0.717, 1.165) is 0 Å². The largest absolute Gasteiger partial charge is 0.491 e. The number of nitrogens with zero attached hydrogens (tertiary/aromatic N) is 2. The Kier molecular flexibility index (Phi) is 4.70. The smallest absolute Gasteiger partial charge is 0.268 e. The molecule has 26 heavy (non-hydrogen) atoms. The Morgan fingerprint density at radius 1 is 1.50 bits per heavy atom. The number of primary amides is 1. The maximum atomic E-state index is 14.5. The number of carbonyl (C=O) groups is 1. The molecule has 3 rings (SSSR count). The lowest BCUT2D eigenvalue weighted by Gasteiger charge is -2.15. The molecule has 2 heterocycles. The fourth-order valence-electron chi connectivity index (χ4n) is 2.75. The summed E-state index contributed by atoms with van der Waals surface area (Å²) in [4.78, 5) is 15.7. The number of rotatable bonds is 3. The van der Waals surface area contributed by atoms with E-state index in [1.54, 1.807) is 23.9 Å². The highest BCUT2D eigenvalue weighted by Crippen LogP contribution is 2.34. The predicted molar refractivity (Wildman–Crippen MR) is 94.2 cm³/mol. The Bertz CT molecular complexity index is 922. The molecular weight excluding hydrogens is 337 g/mol. The molecule has 0 fully saturated rings. The molecule has 0 radical (unpaired) electrons. The van der Waals surface area contributed by atoms with Crippen molar-refractivity contribution in [2.45, 2.75) is 20.4 Å². The van der Waals surface area contributed by atoms with Crippen LogP contribution in [-0.4, -0.2) is 35.8 Å². The van der Waals surface area contributed by atoms with E-state index in [1.165, 1.54) is 6.07 Å². The van der Waals surface area contributed by atoms with Gasteiger partial charge in [-0.05, 0) is 19.9 Å². The van der Waals surface area contributed by atoms with Crippen molar-refractivity contribution in [3.63, 3.8) is 0 Å². The Morgan fingerprint density at radius 2 is 2.27 bits per heavy atom. The average molecular weight is 357 g/mol. The van der Waals surface area contributed by atoms with Crippen LogP contribution in [0, 0.1) is 23.1 Å². The van der Waals surface area contributed by atoms with Gasteiger partial charge < -0.3 is 19.8 Å². The van der Waals surface area contributed by atoms with Gasteiger partial charge in [-0.2, -0.15) is 0 Å². The van der Waals surface area contributed by atoms with Gasteiger partial charge in [0.25, 0.3) is 5.91 Å². The lowest BCUT2D eigenvalue weighted by atomic mass is 9.95. The molecule has 1 aromatic carbocycles. The van der Waals surface area contributed by atoms with Crippen LogP contribution in [0.2, 0.25) is 0 Å². The van der Waals surface area contributed by atoms with Crippen molar-refractivity contribution in [1.29, 1.82) is 0 Å². The highest BCUT2D eigenvalue weighted by atomic mass is 19.1.